The second-order valence-electron chi connectivity index (χ2n) is 2.90. The van der Waals surface area contributed by atoms with Crippen molar-refractivity contribution in [3.63, 3.8) is 0 Å². The Morgan fingerprint density at radius 1 is 1.67 bits per heavy atom. The maximum absolute atomic E-state index is 8.71. The fourth-order valence-corrected chi connectivity index (χ4v) is 1.16. The molecule has 0 bridgehead atoms. The van der Waals surface area contributed by atoms with Gasteiger partial charge in [0.2, 0.25) is 0 Å². The summed E-state index contributed by atoms with van der Waals surface area (Å²) < 4.78 is 5.13. The first-order valence-electron chi connectivity index (χ1n) is 4.32. The lowest BCUT2D eigenvalue weighted by atomic mass is 10.2. The highest BCUT2D eigenvalue weighted by Crippen LogP contribution is 2.25. The number of ether oxygens (including phenoxy) is 1. The van der Waals surface area contributed by atoms with Gasteiger partial charge in [-0.3, -0.25) is 0 Å². The van der Waals surface area contributed by atoms with Crippen molar-refractivity contribution in [3.8, 4) is 11.8 Å². The fraction of sp³-hybridized carbons (Fsp3) is 0.182. The molecule has 0 radical (unpaired) electrons. The highest BCUT2D eigenvalue weighted by molar-refractivity contribution is 6.29. The van der Waals surface area contributed by atoms with E-state index in [0.29, 0.717) is 22.9 Å². The number of anilines is 1. The molecule has 0 heterocycles. The molecule has 0 aromatic heterocycles. The monoisotopic (exact) mass is 222 g/mol. The van der Waals surface area contributed by atoms with E-state index in [1.807, 2.05) is 6.07 Å². The number of rotatable bonds is 4. The predicted octanol–water partition coefficient (Wildman–Crippen LogP) is 2.73. The zero-order valence-electron chi connectivity index (χ0n) is 8.38. The quantitative estimate of drug-likeness (QED) is 0.852. The first-order chi connectivity index (χ1) is 7.17. The fourth-order valence-electron chi connectivity index (χ4n) is 1.10. The van der Waals surface area contributed by atoms with Gasteiger partial charge in [-0.15, -0.1) is 0 Å². The Hall–Kier alpha value is -1.66. The largest absolute Gasteiger partial charge is 0.495 e. The summed E-state index contributed by atoms with van der Waals surface area (Å²) in [7, 11) is 1.55. The third kappa shape index (κ3) is 3.19. The Morgan fingerprint density at radius 2 is 2.40 bits per heavy atom. The molecule has 0 fully saturated rings. The molecule has 0 aliphatic carbocycles. The van der Waals surface area contributed by atoms with Crippen molar-refractivity contribution in [1.82, 2.24) is 0 Å². The van der Waals surface area contributed by atoms with E-state index in [4.69, 9.17) is 21.6 Å². The van der Waals surface area contributed by atoms with Crippen LogP contribution in [-0.4, -0.2) is 13.7 Å². The van der Waals surface area contributed by atoms with E-state index >= 15 is 0 Å². The van der Waals surface area contributed by atoms with Crippen molar-refractivity contribution in [2.45, 2.75) is 0 Å². The van der Waals surface area contributed by atoms with Crippen LogP contribution in [0.5, 0.6) is 5.75 Å². The molecule has 78 valence electrons. The Morgan fingerprint density at radius 3 is 2.93 bits per heavy atom. The van der Waals surface area contributed by atoms with Crippen LogP contribution in [0, 0.1) is 11.3 Å². The van der Waals surface area contributed by atoms with Crippen LogP contribution in [0.25, 0.3) is 0 Å². The predicted molar refractivity (Wildman–Crippen MR) is 61.2 cm³/mol. The third-order valence-electron chi connectivity index (χ3n) is 1.80. The van der Waals surface area contributed by atoms with Crippen molar-refractivity contribution >= 4 is 17.3 Å². The Kier molecular flexibility index (Phi) is 4.02. The zero-order valence-corrected chi connectivity index (χ0v) is 9.14. The summed E-state index contributed by atoms with van der Waals surface area (Å²) in [6.07, 6.45) is 0. The van der Waals surface area contributed by atoms with Crippen LogP contribution in [0.1, 0.15) is 5.56 Å². The van der Waals surface area contributed by atoms with E-state index in [-0.39, 0.29) is 0 Å². The Bertz CT molecular complexity index is 410. The van der Waals surface area contributed by atoms with E-state index in [1.54, 1.807) is 25.3 Å². The van der Waals surface area contributed by atoms with Gasteiger partial charge in [0.05, 0.1) is 31.0 Å². The van der Waals surface area contributed by atoms with Crippen LogP contribution in [0.2, 0.25) is 0 Å². The van der Waals surface area contributed by atoms with Crippen molar-refractivity contribution < 1.29 is 4.74 Å². The van der Waals surface area contributed by atoms with Gasteiger partial charge in [-0.2, -0.15) is 5.26 Å². The number of nitriles is 1. The minimum Gasteiger partial charge on any atom is -0.495 e. The summed E-state index contributed by atoms with van der Waals surface area (Å²) in [6.45, 7) is 4.03. The molecular weight excluding hydrogens is 212 g/mol. The lowest BCUT2D eigenvalue weighted by Gasteiger charge is -2.10. The van der Waals surface area contributed by atoms with E-state index < -0.39 is 0 Å². The summed E-state index contributed by atoms with van der Waals surface area (Å²) in [5.41, 5.74) is 1.35. The van der Waals surface area contributed by atoms with E-state index in [0.717, 1.165) is 5.69 Å². The van der Waals surface area contributed by atoms with E-state index in [9.17, 15) is 0 Å². The maximum atomic E-state index is 8.71. The number of benzene rings is 1. The zero-order chi connectivity index (χ0) is 11.3. The molecule has 4 heteroatoms. The Labute approximate surface area is 93.9 Å². The van der Waals surface area contributed by atoms with Gasteiger partial charge >= 0.3 is 0 Å². The first kappa shape index (κ1) is 11.4. The van der Waals surface area contributed by atoms with Crippen molar-refractivity contribution in [2.75, 3.05) is 19.0 Å². The highest BCUT2D eigenvalue weighted by atomic mass is 35.5. The summed E-state index contributed by atoms with van der Waals surface area (Å²) in [5, 5.41) is 12.3. The molecule has 1 N–H and O–H groups in total. The second-order valence-corrected chi connectivity index (χ2v) is 3.43. The second kappa shape index (κ2) is 5.28. The molecule has 0 unspecified atom stereocenters. The highest BCUT2D eigenvalue weighted by Gasteiger charge is 2.03. The molecule has 15 heavy (non-hydrogen) atoms. The summed E-state index contributed by atoms with van der Waals surface area (Å²) in [6, 6.07) is 7.19. The van der Waals surface area contributed by atoms with Gasteiger partial charge in [0, 0.05) is 11.1 Å². The minimum absolute atomic E-state index is 0.462. The lowest BCUT2D eigenvalue weighted by Crippen LogP contribution is -2.02. The average molecular weight is 223 g/mol. The van der Waals surface area contributed by atoms with Crippen LogP contribution in [0.15, 0.2) is 29.8 Å². The number of nitrogens with one attached hydrogen (secondary N) is 1. The third-order valence-corrected chi connectivity index (χ3v) is 1.93. The lowest BCUT2D eigenvalue weighted by molar-refractivity contribution is 0.416. The smallest absolute Gasteiger partial charge is 0.143 e. The molecule has 0 amide bonds. The van der Waals surface area contributed by atoms with Crippen LogP contribution in [0.4, 0.5) is 5.69 Å². The van der Waals surface area contributed by atoms with E-state index in [2.05, 4.69) is 11.9 Å². The van der Waals surface area contributed by atoms with Crippen molar-refractivity contribution in [1.29, 1.82) is 5.26 Å². The van der Waals surface area contributed by atoms with Gasteiger partial charge in [-0.05, 0) is 12.1 Å². The average Bonchev–Trinajstić information content (AvgIpc) is 2.25. The van der Waals surface area contributed by atoms with Gasteiger partial charge in [-0.1, -0.05) is 18.2 Å². The molecule has 0 aliphatic heterocycles. The molecule has 0 aliphatic rings. The molecule has 0 saturated carbocycles. The molecular formula is C11H11ClN2O. The Balaban J connectivity index is 2.88. The summed E-state index contributed by atoms with van der Waals surface area (Å²) >= 11 is 5.63. The van der Waals surface area contributed by atoms with Crippen LogP contribution in [0.3, 0.4) is 0 Å². The molecule has 0 spiro atoms. The molecule has 1 aromatic rings. The molecule has 1 aromatic carbocycles. The maximum Gasteiger partial charge on any atom is 0.143 e. The summed E-state index contributed by atoms with van der Waals surface area (Å²) in [5.74, 6) is 0.618. The molecule has 1 rings (SSSR count). The van der Waals surface area contributed by atoms with E-state index in [1.165, 1.54) is 0 Å². The number of halogens is 1. The van der Waals surface area contributed by atoms with Crippen LogP contribution >= 0.6 is 11.6 Å². The van der Waals surface area contributed by atoms with Gasteiger partial charge in [-0.25, -0.2) is 0 Å². The molecule has 0 saturated heterocycles. The first-order valence-corrected chi connectivity index (χ1v) is 4.70. The number of nitrogens with zero attached hydrogens (tertiary/aromatic N) is 1. The van der Waals surface area contributed by atoms with Gasteiger partial charge in [0.15, 0.2) is 0 Å². The topological polar surface area (TPSA) is 45.0 Å². The van der Waals surface area contributed by atoms with Crippen LogP contribution in [-0.2, 0) is 0 Å². The van der Waals surface area contributed by atoms with Gasteiger partial charge in [0.25, 0.3) is 0 Å². The minimum atomic E-state index is 0.462. The van der Waals surface area contributed by atoms with Gasteiger partial charge < -0.3 is 10.1 Å². The van der Waals surface area contributed by atoms with Crippen molar-refractivity contribution in [2.24, 2.45) is 0 Å². The number of hydrogen-bond donors (Lipinski definition) is 1. The number of hydrogen-bond acceptors (Lipinski definition) is 3. The molecule has 3 nitrogen and oxygen atoms in total. The van der Waals surface area contributed by atoms with Gasteiger partial charge in [0.1, 0.15) is 5.75 Å². The normalized spacial score (nSPS) is 9.13. The SMILES string of the molecule is C=C(Cl)CNc1ccc(C#N)cc1OC. The summed E-state index contributed by atoms with van der Waals surface area (Å²) in [4.78, 5) is 0. The molecule has 0 atom stereocenters. The van der Waals surface area contributed by atoms with Crippen LogP contribution < -0.4 is 10.1 Å². The standard InChI is InChI=1S/C11H11ClN2O/c1-8(12)7-14-10-4-3-9(6-13)5-11(10)15-2/h3-5,14H,1,7H2,2H3. The van der Waals surface area contributed by atoms with Crippen molar-refractivity contribution in [3.05, 3.63) is 35.4 Å². The number of methoxy groups -OCH3 is 1.